The summed E-state index contributed by atoms with van der Waals surface area (Å²) in [6.07, 6.45) is 7.67. The molecule has 0 saturated carbocycles. The molecule has 0 heterocycles. The van der Waals surface area contributed by atoms with Gasteiger partial charge in [-0.3, -0.25) is 0 Å². The molecule has 0 saturated heterocycles. The second-order valence-electron chi connectivity index (χ2n) is 8.26. The Labute approximate surface area is 197 Å². The Morgan fingerprint density at radius 1 is 0.576 bits per heavy atom. The van der Waals surface area contributed by atoms with Crippen LogP contribution in [0.2, 0.25) is 0 Å². The number of aryl methyl sites for hydroxylation is 2. The number of hydrogen-bond acceptors (Lipinski definition) is 0. The van der Waals surface area contributed by atoms with E-state index in [2.05, 4.69) is 42.7 Å². The van der Waals surface area contributed by atoms with E-state index >= 15 is 0 Å². The lowest BCUT2D eigenvalue weighted by Gasteiger charge is -2.01. The van der Waals surface area contributed by atoms with Gasteiger partial charge in [-0.1, -0.05) is 81.4 Å². The fourth-order valence-corrected chi connectivity index (χ4v) is 3.59. The van der Waals surface area contributed by atoms with Crippen LogP contribution in [-0.2, 0) is 12.8 Å². The maximum atomic E-state index is 14.5. The quantitative estimate of drug-likeness (QED) is 0.259. The van der Waals surface area contributed by atoms with Gasteiger partial charge in [0, 0.05) is 16.7 Å². The Balaban J connectivity index is 1.65. The number of unbranched alkanes of at least 4 members (excludes halogenated alkanes) is 3. The standard InChI is InChI=1S/C31H30F2/c1-3-5-6-7-9-24-10-12-25(13-11-24)16-19-29-21-18-27(23-31(29)33)15-14-26-17-20-28(8-4-2)30(32)22-26/h10-13,17-18,20-23H,3-9H2,1-2H3. The number of halogens is 2. The third-order valence-corrected chi connectivity index (χ3v) is 5.51. The summed E-state index contributed by atoms with van der Waals surface area (Å²) in [5, 5.41) is 0. The summed E-state index contributed by atoms with van der Waals surface area (Å²) in [6.45, 7) is 4.23. The third kappa shape index (κ3) is 7.62. The van der Waals surface area contributed by atoms with Crippen LogP contribution in [0.1, 0.15) is 79.3 Å². The largest absolute Gasteiger partial charge is 0.207 e. The van der Waals surface area contributed by atoms with Crippen LogP contribution in [0.3, 0.4) is 0 Å². The van der Waals surface area contributed by atoms with Crippen molar-refractivity contribution >= 4 is 0 Å². The van der Waals surface area contributed by atoms with E-state index in [0.29, 0.717) is 28.7 Å². The van der Waals surface area contributed by atoms with Crippen molar-refractivity contribution in [2.45, 2.75) is 58.8 Å². The second kappa shape index (κ2) is 12.6. The van der Waals surface area contributed by atoms with Gasteiger partial charge in [0.2, 0.25) is 0 Å². The molecule has 0 aromatic heterocycles. The summed E-state index contributed by atoms with van der Waals surface area (Å²) >= 11 is 0. The first-order chi connectivity index (χ1) is 16.1. The molecule has 0 spiro atoms. The first-order valence-corrected chi connectivity index (χ1v) is 11.8. The molecule has 0 radical (unpaired) electrons. The van der Waals surface area contributed by atoms with Crippen LogP contribution in [0.15, 0.2) is 60.7 Å². The molecule has 0 unspecified atom stereocenters. The zero-order valence-electron chi connectivity index (χ0n) is 19.5. The predicted molar refractivity (Wildman–Crippen MR) is 133 cm³/mol. The van der Waals surface area contributed by atoms with E-state index in [-0.39, 0.29) is 5.82 Å². The van der Waals surface area contributed by atoms with Gasteiger partial charge in [0.05, 0.1) is 5.56 Å². The van der Waals surface area contributed by atoms with E-state index in [1.807, 2.05) is 19.1 Å². The minimum Gasteiger partial charge on any atom is -0.207 e. The summed E-state index contributed by atoms with van der Waals surface area (Å²) < 4.78 is 28.6. The van der Waals surface area contributed by atoms with Crippen LogP contribution in [-0.4, -0.2) is 0 Å². The third-order valence-electron chi connectivity index (χ3n) is 5.51. The molecule has 0 nitrogen and oxygen atoms in total. The molecule has 33 heavy (non-hydrogen) atoms. The molecule has 3 aromatic carbocycles. The molecule has 0 bridgehead atoms. The summed E-state index contributed by atoms with van der Waals surface area (Å²) in [6, 6.07) is 17.9. The Morgan fingerprint density at radius 3 is 1.85 bits per heavy atom. The molecule has 0 fully saturated rings. The van der Waals surface area contributed by atoms with Crippen LogP contribution >= 0.6 is 0 Å². The van der Waals surface area contributed by atoms with E-state index in [1.165, 1.54) is 43.4 Å². The number of rotatable bonds is 7. The summed E-state index contributed by atoms with van der Waals surface area (Å²) in [5.74, 6) is 11.1. The van der Waals surface area contributed by atoms with Crippen LogP contribution in [0.25, 0.3) is 0 Å². The molecule has 0 aliphatic rings. The van der Waals surface area contributed by atoms with Gasteiger partial charge in [0.15, 0.2) is 0 Å². The lowest BCUT2D eigenvalue weighted by atomic mass is 10.0. The summed E-state index contributed by atoms with van der Waals surface area (Å²) in [4.78, 5) is 0. The maximum absolute atomic E-state index is 14.5. The van der Waals surface area contributed by atoms with Gasteiger partial charge >= 0.3 is 0 Å². The average molecular weight is 441 g/mol. The SMILES string of the molecule is CCCCCCc1ccc(C#Cc2ccc(C#Cc3ccc(CCC)c(F)c3)cc2F)cc1. The number of benzene rings is 3. The van der Waals surface area contributed by atoms with Crippen molar-refractivity contribution in [3.8, 4) is 23.7 Å². The Hall–Kier alpha value is -3.36. The topological polar surface area (TPSA) is 0 Å². The molecular formula is C31H30F2. The van der Waals surface area contributed by atoms with E-state index in [9.17, 15) is 8.78 Å². The Kier molecular flexibility index (Phi) is 9.29. The van der Waals surface area contributed by atoms with Gasteiger partial charge in [-0.15, -0.1) is 0 Å². The van der Waals surface area contributed by atoms with E-state index < -0.39 is 5.82 Å². The minimum absolute atomic E-state index is 0.245. The van der Waals surface area contributed by atoms with Crippen molar-refractivity contribution in [2.24, 2.45) is 0 Å². The van der Waals surface area contributed by atoms with Crippen molar-refractivity contribution in [1.82, 2.24) is 0 Å². The zero-order valence-corrected chi connectivity index (χ0v) is 19.5. The van der Waals surface area contributed by atoms with Gasteiger partial charge in [0.1, 0.15) is 11.6 Å². The van der Waals surface area contributed by atoms with Gasteiger partial charge in [-0.05, 0) is 72.9 Å². The highest BCUT2D eigenvalue weighted by Crippen LogP contribution is 2.14. The molecule has 0 aliphatic carbocycles. The fourth-order valence-electron chi connectivity index (χ4n) is 3.59. The molecule has 3 rings (SSSR count). The predicted octanol–water partition coefficient (Wildman–Crippen LogP) is 7.84. The van der Waals surface area contributed by atoms with Crippen LogP contribution in [0.4, 0.5) is 8.78 Å². The van der Waals surface area contributed by atoms with Crippen molar-refractivity contribution in [3.63, 3.8) is 0 Å². The summed E-state index contributed by atoms with van der Waals surface area (Å²) in [5.41, 5.74) is 4.31. The highest BCUT2D eigenvalue weighted by Gasteiger charge is 2.02. The zero-order chi connectivity index (χ0) is 23.5. The Morgan fingerprint density at radius 2 is 1.21 bits per heavy atom. The minimum atomic E-state index is -0.411. The normalized spacial score (nSPS) is 10.2. The van der Waals surface area contributed by atoms with Gasteiger partial charge in [0.25, 0.3) is 0 Å². The van der Waals surface area contributed by atoms with Crippen LogP contribution in [0.5, 0.6) is 0 Å². The van der Waals surface area contributed by atoms with E-state index in [4.69, 9.17) is 0 Å². The van der Waals surface area contributed by atoms with Crippen LogP contribution in [0, 0.1) is 35.3 Å². The van der Waals surface area contributed by atoms with Gasteiger partial charge in [-0.25, -0.2) is 8.78 Å². The molecule has 3 aromatic rings. The van der Waals surface area contributed by atoms with Gasteiger partial charge < -0.3 is 0 Å². The fraction of sp³-hybridized carbons (Fsp3) is 0.290. The Bertz CT molecular complexity index is 1180. The van der Waals surface area contributed by atoms with E-state index in [1.54, 1.807) is 24.3 Å². The molecule has 168 valence electrons. The second-order valence-corrected chi connectivity index (χ2v) is 8.26. The average Bonchev–Trinajstić information content (AvgIpc) is 2.82. The molecule has 0 atom stereocenters. The smallest absolute Gasteiger partial charge is 0.140 e. The number of hydrogen-bond donors (Lipinski definition) is 0. The molecule has 2 heteroatoms. The van der Waals surface area contributed by atoms with Crippen molar-refractivity contribution in [1.29, 1.82) is 0 Å². The lowest BCUT2D eigenvalue weighted by Crippen LogP contribution is -1.90. The highest BCUT2D eigenvalue weighted by atomic mass is 19.1. The first-order valence-electron chi connectivity index (χ1n) is 11.8. The maximum Gasteiger partial charge on any atom is 0.140 e. The van der Waals surface area contributed by atoms with Crippen molar-refractivity contribution in [3.05, 3.63) is 106 Å². The molecule has 0 aliphatic heterocycles. The summed E-state index contributed by atoms with van der Waals surface area (Å²) in [7, 11) is 0. The van der Waals surface area contributed by atoms with Gasteiger partial charge in [-0.2, -0.15) is 0 Å². The monoisotopic (exact) mass is 440 g/mol. The lowest BCUT2D eigenvalue weighted by molar-refractivity contribution is 0.607. The molecule has 0 N–H and O–H groups in total. The highest BCUT2D eigenvalue weighted by molar-refractivity contribution is 5.49. The van der Waals surface area contributed by atoms with E-state index in [0.717, 1.165) is 18.4 Å². The van der Waals surface area contributed by atoms with Crippen molar-refractivity contribution in [2.75, 3.05) is 0 Å². The molecule has 0 amide bonds. The molecular weight excluding hydrogens is 410 g/mol. The first kappa shape index (κ1) is 24.3. The van der Waals surface area contributed by atoms with Crippen LogP contribution < -0.4 is 0 Å². The van der Waals surface area contributed by atoms with Crippen molar-refractivity contribution < 1.29 is 8.78 Å².